The number of aliphatic hydroxyl groups is 1. The highest BCUT2D eigenvalue weighted by Crippen LogP contribution is 2.02. The number of rotatable bonds is 3. The lowest BCUT2D eigenvalue weighted by Gasteiger charge is -2.23. The molecule has 0 saturated heterocycles. The summed E-state index contributed by atoms with van der Waals surface area (Å²) in [6.07, 6.45) is -2.11. The summed E-state index contributed by atoms with van der Waals surface area (Å²) >= 11 is 0. The van der Waals surface area contributed by atoms with E-state index in [1.807, 2.05) is 20.8 Å². The van der Waals surface area contributed by atoms with Crippen LogP contribution in [0, 0.1) is 0 Å². The molecule has 0 heterocycles. The van der Waals surface area contributed by atoms with E-state index in [2.05, 4.69) is 5.32 Å². The van der Waals surface area contributed by atoms with Crippen LogP contribution in [0.4, 0.5) is 0 Å². The Morgan fingerprint density at radius 3 is 2.07 bits per heavy atom. The van der Waals surface area contributed by atoms with Crippen molar-refractivity contribution >= 4 is 11.9 Å². The maximum atomic E-state index is 11.4. The molecule has 0 saturated carbocycles. The Balaban J connectivity index is 4.17. The van der Waals surface area contributed by atoms with Crippen molar-refractivity contribution < 1.29 is 19.4 Å². The van der Waals surface area contributed by atoms with E-state index in [4.69, 9.17) is 9.84 Å². The van der Waals surface area contributed by atoms with Crippen molar-refractivity contribution in [2.45, 2.75) is 52.4 Å². The van der Waals surface area contributed by atoms with Crippen LogP contribution in [-0.2, 0) is 14.3 Å². The molecular weight excluding hydrogens is 198 g/mol. The summed E-state index contributed by atoms with van der Waals surface area (Å²) in [6, 6.07) is 0. The smallest absolute Gasteiger partial charge is 0.335 e. The zero-order chi connectivity index (χ0) is 12.2. The van der Waals surface area contributed by atoms with Crippen LogP contribution in [-0.4, -0.2) is 34.7 Å². The largest absolute Gasteiger partial charge is 0.451 e. The highest BCUT2D eigenvalue weighted by molar-refractivity contribution is 5.84. The van der Waals surface area contributed by atoms with Gasteiger partial charge in [-0.05, 0) is 34.6 Å². The molecule has 0 aliphatic rings. The lowest BCUT2D eigenvalue weighted by molar-refractivity contribution is -0.162. The molecule has 5 heteroatoms. The van der Waals surface area contributed by atoms with Crippen molar-refractivity contribution in [3.05, 3.63) is 0 Å². The SMILES string of the molecule is C[C@H](O)C(=O)O[C@@H](C)C(=O)NC(C)(C)C. The molecule has 0 rings (SSSR count). The number of esters is 1. The van der Waals surface area contributed by atoms with Gasteiger partial charge in [-0.3, -0.25) is 4.79 Å². The van der Waals surface area contributed by atoms with E-state index in [-0.39, 0.29) is 11.4 Å². The van der Waals surface area contributed by atoms with E-state index in [9.17, 15) is 9.59 Å². The van der Waals surface area contributed by atoms with Gasteiger partial charge in [-0.1, -0.05) is 0 Å². The molecule has 0 aliphatic carbocycles. The number of nitrogens with one attached hydrogen (secondary N) is 1. The molecule has 0 aromatic rings. The van der Waals surface area contributed by atoms with Crippen LogP contribution in [0.2, 0.25) is 0 Å². The van der Waals surface area contributed by atoms with E-state index in [1.165, 1.54) is 13.8 Å². The summed E-state index contributed by atoms with van der Waals surface area (Å²) in [5, 5.41) is 11.5. The van der Waals surface area contributed by atoms with Crippen molar-refractivity contribution in [2.75, 3.05) is 0 Å². The van der Waals surface area contributed by atoms with Crippen LogP contribution in [0.1, 0.15) is 34.6 Å². The third kappa shape index (κ3) is 6.06. The molecule has 2 N–H and O–H groups in total. The predicted molar refractivity (Wildman–Crippen MR) is 55.1 cm³/mol. The summed E-state index contributed by atoms with van der Waals surface area (Å²) in [4.78, 5) is 22.4. The van der Waals surface area contributed by atoms with Gasteiger partial charge in [0.1, 0.15) is 6.10 Å². The van der Waals surface area contributed by atoms with Crippen LogP contribution in [0.5, 0.6) is 0 Å². The van der Waals surface area contributed by atoms with Gasteiger partial charge in [0.2, 0.25) is 0 Å². The molecule has 0 bridgehead atoms. The minimum atomic E-state index is -1.21. The predicted octanol–water partition coefficient (Wildman–Crippen LogP) is 0.214. The van der Waals surface area contributed by atoms with Crippen molar-refractivity contribution in [1.82, 2.24) is 5.32 Å². The fraction of sp³-hybridized carbons (Fsp3) is 0.800. The Morgan fingerprint density at radius 1 is 1.27 bits per heavy atom. The Labute approximate surface area is 89.8 Å². The second kappa shape index (κ2) is 5.11. The number of amides is 1. The van der Waals surface area contributed by atoms with Crippen LogP contribution in [0.3, 0.4) is 0 Å². The minimum absolute atomic E-state index is 0.372. The van der Waals surface area contributed by atoms with Gasteiger partial charge in [-0.15, -0.1) is 0 Å². The molecule has 0 unspecified atom stereocenters. The lowest BCUT2D eigenvalue weighted by atomic mass is 10.1. The van der Waals surface area contributed by atoms with E-state index < -0.39 is 18.2 Å². The second-order valence-corrected chi connectivity index (χ2v) is 4.49. The lowest BCUT2D eigenvalue weighted by Crippen LogP contribution is -2.46. The summed E-state index contributed by atoms with van der Waals surface area (Å²) in [5.41, 5.74) is -0.372. The van der Waals surface area contributed by atoms with Gasteiger partial charge in [0.25, 0.3) is 5.91 Å². The average molecular weight is 217 g/mol. The Hall–Kier alpha value is -1.10. The van der Waals surface area contributed by atoms with E-state index in [1.54, 1.807) is 0 Å². The van der Waals surface area contributed by atoms with Crippen molar-refractivity contribution in [3.63, 3.8) is 0 Å². The van der Waals surface area contributed by atoms with Crippen molar-refractivity contribution in [1.29, 1.82) is 0 Å². The van der Waals surface area contributed by atoms with Gasteiger partial charge in [-0.2, -0.15) is 0 Å². The number of ether oxygens (including phenoxy) is 1. The molecule has 0 radical (unpaired) electrons. The van der Waals surface area contributed by atoms with Crippen molar-refractivity contribution in [3.8, 4) is 0 Å². The summed E-state index contributed by atoms with van der Waals surface area (Å²) < 4.78 is 4.72. The second-order valence-electron chi connectivity index (χ2n) is 4.49. The summed E-state index contributed by atoms with van der Waals surface area (Å²) in [6.45, 7) is 8.23. The Kier molecular flexibility index (Phi) is 4.74. The topological polar surface area (TPSA) is 75.6 Å². The maximum absolute atomic E-state index is 11.4. The monoisotopic (exact) mass is 217 g/mol. The number of hydrogen-bond donors (Lipinski definition) is 2. The minimum Gasteiger partial charge on any atom is -0.451 e. The Morgan fingerprint density at radius 2 is 1.73 bits per heavy atom. The quantitative estimate of drug-likeness (QED) is 0.663. The van der Waals surface area contributed by atoms with Crippen molar-refractivity contribution in [2.24, 2.45) is 0 Å². The van der Waals surface area contributed by atoms with Gasteiger partial charge in [-0.25, -0.2) is 4.79 Å². The molecule has 0 aromatic heterocycles. The first-order chi connectivity index (χ1) is 6.63. The standard InChI is InChI=1S/C10H19NO4/c1-6(12)9(14)15-7(2)8(13)11-10(3,4)5/h6-7,12H,1-5H3,(H,11,13)/t6-,7-/m0/s1. The molecule has 15 heavy (non-hydrogen) atoms. The molecule has 2 atom stereocenters. The molecular formula is C10H19NO4. The zero-order valence-corrected chi connectivity index (χ0v) is 9.83. The first-order valence-electron chi connectivity index (χ1n) is 4.84. The first kappa shape index (κ1) is 13.9. The van der Waals surface area contributed by atoms with Gasteiger partial charge < -0.3 is 15.2 Å². The average Bonchev–Trinajstić information content (AvgIpc) is 2.00. The van der Waals surface area contributed by atoms with Gasteiger partial charge in [0, 0.05) is 5.54 Å². The van der Waals surface area contributed by atoms with Crippen LogP contribution in [0.15, 0.2) is 0 Å². The number of carbonyl (C=O) groups is 2. The molecule has 0 spiro atoms. The van der Waals surface area contributed by atoms with E-state index >= 15 is 0 Å². The Bertz CT molecular complexity index is 242. The highest BCUT2D eigenvalue weighted by Gasteiger charge is 2.23. The van der Waals surface area contributed by atoms with E-state index in [0.717, 1.165) is 0 Å². The van der Waals surface area contributed by atoms with Gasteiger partial charge >= 0.3 is 5.97 Å². The number of carbonyl (C=O) groups excluding carboxylic acids is 2. The van der Waals surface area contributed by atoms with Crippen LogP contribution in [0.25, 0.3) is 0 Å². The third-order valence-corrected chi connectivity index (χ3v) is 1.50. The summed E-state index contributed by atoms with van der Waals surface area (Å²) in [5.74, 6) is -1.18. The molecule has 0 fully saturated rings. The fourth-order valence-corrected chi connectivity index (χ4v) is 0.797. The molecule has 1 amide bonds. The zero-order valence-electron chi connectivity index (χ0n) is 9.83. The third-order valence-electron chi connectivity index (χ3n) is 1.50. The maximum Gasteiger partial charge on any atom is 0.335 e. The van der Waals surface area contributed by atoms with Crippen LogP contribution >= 0.6 is 0 Å². The van der Waals surface area contributed by atoms with E-state index in [0.29, 0.717) is 0 Å². The van der Waals surface area contributed by atoms with Gasteiger partial charge in [0.15, 0.2) is 6.10 Å². The molecule has 0 aliphatic heterocycles. The van der Waals surface area contributed by atoms with Gasteiger partial charge in [0.05, 0.1) is 0 Å². The number of aliphatic hydroxyl groups excluding tert-OH is 1. The fourth-order valence-electron chi connectivity index (χ4n) is 0.797. The molecule has 0 aromatic carbocycles. The normalized spacial score (nSPS) is 15.3. The first-order valence-corrected chi connectivity index (χ1v) is 4.84. The molecule has 5 nitrogen and oxygen atoms in total. The summed E-state index contributed by atoms with van der Waals surface area (Å²) in [7, 11) is 0. The number of hydrogen-bond acceptors (Lipinski definition) is 4. The van der Waals surface area contributed by atoms with Crippen LogP contribution < -0.4 is 5.32 Å². The highest BCUT2D eigenvalue weighted by atomic mass is 16.6. The molecule has 88 valence electrons.